The van der Waals surface area contributed by atoms with Gasteiger partial charge in [-0.05, 0) is 49.4 Å². The van der Waals surface area contributed by atoms with Gasteiger partial charge in [0.2, 0.25) is 0 Å². The Hall–Kier alpha value is -1.79. The van der Waals surface area contributed by atoms with Crippen molar-refractivity contribution in [2.24, 2.45) is 5.92 Å². The Balaban J connectivity index is 1.90. The molecule has 0 spiro atoms. The van der Waals surface area contributed by atoms with Crippen LogP contribution in [0.1, 0.15) is 35.6 Å². The molecular formula is C18H17BrN2. The molecule has 0 aromatic heterocycles. The maximum Gasteiger partial charge on any atom is 0.101 e. The van der Waals surface area contributed by atoms with Crippen molar-refractivity contribution < 1.29 is 0 Å². The summed E-state index contributed by atoms with van der Waals surface area (Å²) in [7, 11) is 0. The second-order valence-corrected chi connectivity index (χ2v) is 6.59. The van der Waals surface area contributed by atoms with Crippen LogP contribution in [0.15, 0.2) is 46.9 Å². The van der Waals surface area contributed by atoms with Crippen LogP contribution in [0, 0.1) is 24.2 Å². The van der Waals surface area contributed by atoms with Gasteiger partial charge in [-0.15, -0.1) is 0 Å². The molecule has 1 atom stereocenters. The number of benzene rings is 2. The molecule has 2 nitrogen and oxygen atoms in total. The molecule has 0 heterocycles. The molecule has 0 saturated heterocycles. The fraction of sp³-hybridized carbons (Fsp3) is 0.278. The number of nitrogens with zero attached hydrogens (tertiary/aromatic N) is 1. The van der Waals surface area contributed by atoms with Crippen LogP contribution in [0.3, 0.4) is 0 Å². The molecule has 3 heteroatoms. The van der Waals surface area contributed by atoms with Gasteiger partial charge in [0, 0.05) is 4.47 Å². The summed E-state index contributed by atoms with van der Waals surface area (Å²) in [6.45, 7) is 2.10. The highest BCUT2D eigenvalue weighted by molar-refractivity contribution is 9.10. The lowest BCUT2D eigenvalue weighted by Gasteiger charge is -2.21. The molecular weight excluding hydrogens is 324 g/mol. The fourth-order valence-corrected chi connectivity index (χ4v) is 2.94. The van der Waals surface area contributed by atoms with Crippen LogP contribution in [0.2, 0.25) is 0 Å². The smallest absolute Gasteiger partial charge is 0.101 e. The number of anilines is 1. The number of nitriles is 1. The van der Waals surface area contributed by atoms with Crippen LogP contribution in [-0.4, -0.2) is 0 Å². The third kappa shape index (κ3) is 3.28. The topological polar surface area (TPSA) is 35.8 Å². The normalized spacial score (nSPS) is 15.3. The van der Waals surface area contributed by atoms with Crippen LogP contribution in [0.5, 0.6) is 0 Å². The zero-order chi connectivity index (χ0) is 14.8. The van der Waals surface area contributed by atoms with E-state index in [1.54, 1.807) is 0 Å². The summed E-state index contributed by atoms with van der Waals surface area (Å²) in [4.78, 5) is 0. The minimum Gasteiger partial charge on any atom is -0.377 e. The second kappa shape index (κ2) is 5.91. The van der Waals surface area contributed by atoms with Gasteiger partial charge in [0.25, 0.3) is 0 Å². The lowest BCUT2D eigenvalue weighted by Crippen LogP contribution is -2.13. The molecule has 1 unspecified atom stereocenters. The van der Waals surface area contributed by atoms with Crippen LogP contribution < -0.4 is 5.32 Å². The van der Waals surface area contributed by atoms with Crippen LogP contribution in [0.4, 0.5) is 5.69 Å². The summed E-state index contributed by atoms with van der Waals surface area (Å²) in [5.41, 5.74) is 4.17. The van der Waals surface area contributed by atoms with Crippen LogP contribution >= 0.6 is 15.9 Å². The maximum absolute atomic E-state index is 9.31. The molecule has 0 radical (unpaired) electrons. The highest BCUT2D eigenvalue weighted by atomic mass is 79.9. The summed E-state index contributed by atoms with van der Waals surface area (Å²) < 4.78 is 0.933. The lowest BCUT2D eigenvalue weighted by molar-refractivity contribution is 0.678. The van der Waals surface area contributed by atoms with Gasteiger partial charge in [-0.25, -0.2) is 0 Å². The van der Waals surface area contributed by atoms with Crippen molar-refractivity contribution in [2.75, 3.05) is 5.32 Å². The molecule has 1 aliphatic carbocycles. The zero-order valence-corrected chi connectivity index (χ0v) is 13.5. The molecule has 2 aromatic carbocycles. The van der Waals surface area contributed by atoms with E-state index < -0.39 is 0 Å². The first kappa shape index (κ1) is 14.2. The Labute approximate surface area is 133 Å². The number of hydrogen-bond donors (Lipinski definition) is 1. The standard InChI is InChI=1S/C18H17BrN2/c1-12-2-4-13(5-3-12)18(14-6-7-14)21-17-9-8-16(19)10-15(17)11-20/h2-5,8-10,14,18,21H,6-7H2,1H3. The fourth-order valence-electron chi connectivity index (χ4n) is 2.58. The maximum atomic E-state index is 9.31. The van der Waals surface area contributed by atoms with E-state index >= 15 is 0 Å². The Morgan fingerprint density at radius 3 is 2.52 bits per heavy atom. The predicted octanol–water partition coefficient (Wildman–Crippen LogP) is 5.19. The molecule has 3 rings (SSSR count). The first-order valence-corrected chi connectivity index (χ1v) is 7.99. The van der Waals surface area contributed by atoms with E-state index in [-0.39, 0.29) is 0 Å². The molecule has 21 heavy (non-hydrogen) atoms. The van der Waals surface area contributed by atoms with E-state index in [0.717, 1.165) is 10.2 Å². The summed E-state index contributed by atoms with van der Waals surface area (Å²) in [5, 5.41) is 12.9. The van der Waals surface area contributed by atoms with E-state index in [4.69, 9.17) is 0 Å². The zero-order valence-electron chi connectivity index (χ0n) is 11.9. The van der Waals surface area contributed by atoms with Crippen LogP contribution in [-0.2, 0) is 0 Å². The molecule has 1 N–H and O–H groups in total. The van der Waals surface area contributed by atoms with Crippen molar-refractivity contribution in [2.45, 2.75) is 25.8 Å². The van der Waals surface area contributed by atoms with Gasteiger partial charge in [0.15, 0.2) is 0 Å². The summed E-state index contributed by atoms with van der Waals surface area (Å²) in [6, 6.07) is 17.1. The van der Waals surface area contributed by atoms with Crippen molar-refractivity contribution in [3.63, 3.8) is 0 Å². The SMILES string of the molecule is Cc1ccc(C(Nc2ccc(Br)cc2C#N)C2CC2)cc1. The predicted molar refractivity (Wildman–Crippen MR) is 89.1 cm³/mol. The van der Waals surface area contributed by atoms with E-state index in [1.807, 2.05) is 18.2 Å². The van der Waals surface area contributed by atoms with Gasteiger partial charge < -0.3 is 5.32 Å². The second-order valence-electron chi connectivity index (χ2n) is 5.67. The Bertz CT molecular complexity index is 681. The largest absolute Gasteiger partial charge is 0.377 e. The lowest BCUT2D eigenvalue weighted by atomic mass is 10.00. The van der Waals surface area contributed by atoms with Crippen molar-refractivity contribution in [1.82, 2.24) is 0 Å². The molecule has 1 aliphatic rings. The van der Waals surface area contributed by atoms with Gasteiger partial charge in [0.05, 0.1) is 17.3 Å². The number of rotatable bonds is 4. The molecule has 0 bridgehead atoms. The minimum absolute atomic E-state index is 0.291. The van der Waals surface area contributed by atoms with E-state index in [2.05, 4.69) is 58.5 Å². The van der Waals surface area contributed by atoms with Gasteiger partial charge >= 0.3 is 0 Å². The summed E-state index contributed by atoms with van der Waals surface area (Å²) in [6.07, 6.45) is 2.51. The number of halogens is 1. The van der Waals surface area contributed by atoms with Crippen molar-refractivity contribution in [1.29, 1.82) is 5.26 Å². The molecule has 1 fully saturated rings. The highest BCUT2D eigenvalue weighted by Gasteiger charge is 2.32. The quantitative estimate of drug-likeness (QED) is 0.830. The average Bonchev–Trinajstić information content (AvgIpc) is 3.31. The molecule has 1 saturated carbocycles. The minimum atomic E-state index is 0.291. The first-order chi connectivity index (χ1) is 10.2. The van der Waals surface area contributed by atoms with Crippen molar-refractivity contribution >= 4 is 21.6 Å². The van der Waals surface area contributed by atoms with Gasteiger partial charge in [0.1, 0.15) is 6.07 Å². The average molecular weight is 341 g/mol. The number of hydrogen-bond acceptors (Lipinski definition) is 2. The highest BCUT2D eigenvalue weighted by Crippen LogP contribution is 2.43. The Morgan fingerprint density at radius 2 is 1.90 bits per heavy atom. The third-order valence-corrected chi connectivity index (χ3v) is 4.44. The third-order valence-electron chi connectivity index (χ3n) is 3.94. The van der Waals surface area contributed by atoms with E-state index in [9.17, 15) is 5.26 Å². The molecule has 0 amide bonds. The first-order valence-electron chi connectivity index (χ1n) is 7.20. The monoisotopic (exact) mass is 340 g/mol. The Kier molecular flexibility index (Phi) is 3.98. The van der Waals surface area contributed by atoms with Crippen LogP contribution in [0.25, 0.3) is 0 Å². The van der Waals surface area contributed by atoms with E-state index in [0.29, 0.717) is 17.5 Å². The van der Waals surface area contributed by atoms with Crippen molar-refractivity contribution in [3.8, 4) is 6.07 Å². The molecule has 2 aromatic rings. The van der Waals surface area contributed by atoms with Gasteiger partial charge in [-0.1, -0.05) is 45.8 Å². The van der Waals surface area contributed by atoms with E-state index in [1.165, 1.54) is 24.0 Å². The molecule has 0 aliphatic heterocycles. The van der Waals surface area contributed by atoms with Gasteiger partial charge in [-0.3, -0.25) is 0 Å². The summed E-state index contributed by atoms with van der Waals surface area (Å²) >= 11 is 3.42. The van der Waals surface area contributed by atoms with Crippen molar-refractivity contribution in [3.05, 3.63) is 63.6 Å². The number of nitrogens with one attached hydrogen (secondary N) is 1. The number of aryl methyl sites for hydroxylation is 1. The Morgan fingerprint density at radius 1 is 1.19 bits per heavy atom. The molecule has 106 valence electrons. The van der Waals surface area contributed by atoms with Gasteiger partial charge in [-0.2, -0.15) is 5.26 Å². The summed E-state index contributed by atoms with van der Waals surface area (Å²) in [5.74, 6) is 0.669.